The topological polar surface area (TPSA) is 49.4 Å². The van der Waals surface area contributed by atoms with Gasteiger partial charge < -0.3 is 10.2 Å². The lowest BCUT2D eigenvalue weighted by molar-refractivity contribution is -0.139. The van der Waals surface area contributed by atoms with Crippen molar-refractivity contribution in [3.8, 4) is 0 Å². The molecule has 4 aliphatic carbocycles. The Bertz CT molecular complexity index is 1110. The van der Waals surface area contributed by atoms with Gasteiger partial charge in [-0.15, -0.1) is 0 Å². The van der Waals surface area contributed by atoms with Crippen molar-refractivity contribution in [1.29, 1.82) is 0 Å². The average Bonchev–Trinajstić information content (AvgIpc) is 3.59. The van der Waals surface area contributed by atoms with Gasteiger partial charge in [0.25, 0.3) is 0 Å². The van der Waals surface area contributed by atoms with E-state index < -0.39 is 11.7 Å². The summed E-state index contributed by atoms with van der Waals surface area (Å²) in [6, 6.07) is 5.13. The van der Waals surface area contributed by atoms with E-state index in [0.29, 0.717) is 41.8 Å². The van der Waals surface area contributed by atoms with Crippen LogP contribution >= 0.6 is 0 Å². The molecule has 0 spiro atoms. The highest BCUT2D eigenvalue weighted by atomic mass is 19.4. The number of benzene rings is 1. The van der Waals surface area contributed by atoms with E-state index >= 15 is 0 Å². The smallest absolute Gasteiger partial charge is 0.326 e. The summed E-state index contributed by atoms with van der Waals surface area (Å²) in [5.41, 5.74) is 0.898. The minimum atomic E-state index is -4.39. The zero-order chi connectivity index (χ0) is 25.5. The zero-order valence-electron chi connectivity index (χ0n) is 21.0. The van der Waals surface area contributed by atoms with E-state index in [0.717, 1.165) is 63.5 Å². The average molecular weight is 501 g/mol. The number of nitrogens with one attached hydrogen (secondary N) is 1. The first-order valence-corrected chi connectivity index (χ1v) is 13.5. The molecule has 1 aromatic rings. The Kier molecular flexibility index (Phi) is 5.41. The van der Waals surface area contributed by atoms with Crippen LogP contribution in [0, 0.1) is 34.5 Å². The fourth-order valence-corrected chi connectivity index (χ4v) is 8.52. The molecule has 1 unspecified atom stereocenters. The van der Waals surface area contributed by atoms with Crippen LogP contribution in [0.2, 0.25) is 0 Å². The van der Waals surface area contributed by atoms with Gasteiger partial charge in [0.05, 0.1) is 5.56 Å². The third-order valence-corrected chi connectivity index (χ3v) is 10.5. The van der Waals surface area contributed by atoms with Crippen molar-refractivity contribution in [2.24, 2.45) is 34.5 Å². The van der Waals surface area contributed by atoms with Gasteiger partial charge in [0, 0.05) is 35.2 Å². The first-order valence-electron chi connectivity index (χ1n) is 13.5. The Balaban J connectivity index is 1.21. The molecule has 6 atom stereocenters. The molecule has 7 heteroatoms. The summed E-state index contributed by atoms with van der Waals surface area (Å²) in [7, 11) is 0. The number of rotatable bonds is 3. The number of carbonyl (C=O) groups is 2. The molecule has 0 radical (unpaired) electrons. The van der Waals surface area contributed by atoms with E-state index in [1.54, 1.807) is 0 Å². The maximum atomic E-state index is 13.4. The molecule has 0 aromatic heterocycles. The summed E-state index contributed by atoms with van der Waals surface area (Å²) >= 11 is 0. The van der Waals surface area contributed by atoms with Crippen LogP contribution in [-0.4, -0.2) is 22.8 Å². The standard InChI is InChI=1S/C29H35F3N2O2/c1-27-15-13-22-20(9-12-24-28(22,2)16-14-25(35)34(24)19-7-8-19)21(27)10-11-23(27)26(36)33-18-5-3-17(4-6-18)29(30,31)32/h3-6,12,19-23H,7-11,13-16H2,1-2H3,(H,33,36)/t20-,21-,22+,23?,27-,28+/m0/s1. The van der Waals surface area contributed by atoms with E-state index in [1.807, 2.05) is 0 Å². The zero-order valence-corrected chi connectivity index (χ0v) is 21.0. The molecule has 3 saturated carbocycles. The number of amides is 2. The summed E-state index contributed by atoms with van der Waals surface area (Å²) in [4.78, 5) is 28.3. The van der Waals surface area contributed by atoms with Crippen molar-refractivity contribution in [2.45, 2.75) is 83.9 Å². The van der Waals surface area contributed by atoms with Crippen LogP contribution in [0.15, 0.2) is 36.0 Å². The van der Waals surface area contributed by atoms with Crippen molar-refractivity contribution in [1.82, 2.24) is 4.90 Å². The molecule has 194 valence electrons. The molecule has 1 aliphatic heterocycles. The van der Waals surface area contributed by atoms with Gasteiger partial charge in [-0.25, -0.2) is 0 Å². The molecule has 5 aliphatic rings. The maximum absolute atomic E-state index is 13.4. The third kappa shape index (κ3) is 3.63. The molecular formula is C29H35F3N2O2. The predicted octanol–water partition coefficient (Wildman–Crippen LogP) is 6.78. The van der Waals surface area contributed by atoms with Crippen LogP contribution in [0.3, 0.4) is 0 Å². The lowest BCUT2D eigenvalue weighted by Gasteiger charge is -2.58. The van der Waals surface area contributed by atoms with E-state index in [-0.39, 0.29) is 22.7 Å². The summed E-state index contributed by atoms with van der Waals surface area (Å²) in [6.45, 7) is 4.64. The molecular weight excluding hydrogens is 465 g/mol. The van der Waals surface area contributed by atoms with Gasteiger partial charge >= 0.3 is 6.18 Å². The summed E-state index contributed by atoms with van der Waals surface area (Å²) in [5, 5.41) is 2.91. The third-order valence-electron chi connectivity index (χ3n) is 10.5. The second-order valence-corrected chi connectivity index (χ2v) is 12.4. The molecule has 1 aromatic carbocycles. The fraction of sp³-hybridized carbons (Fsp3) is 0.655. The number of fused-ring (bicyclic) bond motifs is 5. The second-order valence-electron chi connectivity index (χ2n) is 12.4. The highest BCUT2D eigenvalue weighted by molar-refractivity contribution is 5.93. The Morgan fingerprint density at radius 2 is 1.72 bits per heavy atom. The molecule has 6 rings (SSSR count). The van der Waals surface area contributed by atoms with Crippen molar-refractivity contribution in [2.75, 3.05) is 5.32 Å². The van der Waals surface area contributed by atoms with Crippen LogP contribution in [0.1, 0.15) is 77.2 Å². The summed E-state index contributed by atoms with van der Waals surface area (Å²) in [5.74, 6) is 1.57. The maximum Gasteiger partial charge on any atom is 0.416 e. The SMILES string of the molecule is C[C@]12CCC(=O)N(C3CC3)C1=CC[C@@H]1[C@H]2CC[C@]2(C)C(C(=O)Nc3ccc(C(F)(F)F)cc3)CC[C@@H]12. The number of nitrogens with zero attached hydrogens (tertiary/aromatic N) is 1. The fourth-order valence-electron chi connectivity index (χ4n) is 8.52. The number of allylic oxidation sites excluding steroid dienone is 2. The largest absolute Gasteiger partial charge is 0.416 e. The molecule has 1 heterocycles. The quantitative estimate of drug-likeness (QED) is 0.497. The summed E-state index contributed by atoms with van der Waals surface area (Å²) < 4.78 is 38.7. The molecule has 1 N–H and O–H groups in total. The van der Waals surface area contributed by atoms with Crippen LogP contribution in [0.4, 0.5) is 18.9 Å². The minimum Gasteiger partial charge on any atom is -0.326 e. The van der Waals surface area contributed by atoms with E-state index in [2.05, 4.69) is 30.1 Å². The van der Waals surface area contributed by atoms with Gasteiger partial charge in [-0.3, -0.25) is 9.59 Å². The Hall–Kier alpha value is -2.31. The number of hydrogen-bond donors (Lipinski definition) is 1. The van der Waals surface area contributed by atoms with Gasteiger partial charge in [-0.05, 0) is 98.8 Å². The normalized spacial score (nSPS) is 38.1. The highest BCUT2D eigenvalue weighted by Crippen LogP contribution is 2.66. The van der Waals surface area contributed by atoms with Crippen LogP contribution < -0.4 is 5.32 Å². The van der Waals surface area contributed by atoms with Gasteiger partial charge in [0.15, 0.2) is 0 Å². The molecule has 36 heavy (non-hydrogen) atoms. The number of piperidine rings is 1. The number of anilines is 1. The Morgan fingerprint density at radius 1 is 1.00 bits per heavy atom. The van der Waals surface area contributed by atoms with Gasteiger partial charge in [0.1, 0.15) is 0 Å². The van der Waals surface area contributed by atoms with Gasteiger partial charge in [-0.2, -0.15) is 13.2 Å². The molecule has 2 amide bonds. The van der Waals surface area contributed by atoms with Crippen LogP contribution in [0.5, 0.6) is 0 Å². The van der Waals surface area contributed by atoms with Crippen LogP contribution in [0.25, 0.3) is 0 Å². The van der Waals surface area contributed by atoms with Crippen molar-refractivity contribution >= 4 is 17.5 Å². The molecule has 0 bridgehead atoms. The molecule has 4 fully saturated rings. The van der Waals surface area contributed by atoms with Gasteiger partial charge in [0.2, 0.25) is 11.8 Å². The lowest BCUT2D eigenvalue weighted by atomic mass is 9.49. The van der Waals surface area contributed by atoms with Crippen molar-refractivity contribution < 1.29 is 22.8 Å². The van der Waals surface area contributed by atoms with Gasteiger partial charge in [-0.1, -0.05) is 19.9 Å². The molecule has 1 saturated heterocycles. The number of hydrogen-bond acceptors (Lipinski definition) is 2. The lowest BCUT2D eigenvalue weighted by Crippen LogP contribution is -2.55. The predicted molar refractivity (Wildman–Crippen MR) is 131 cm³/mol. The number of likely N-dealkylation sites (tertiary alicyclic amines) is 1. The number of carbonyl (C=O) groups excluding carboxylic acids is 2. The van der Waals surface area contributed by atoms with Crippen LogP contribution in [-0.2, 0) is 15.8 Å². The summed E-state index contributed by atoms with van der Waals surface area (Å²) in [6.07, 6.45) is 6.58. The molecule has 4 nitrogen and oxygen atoms in total. The first-order chi connectivity index (χ1) is 17.0. The second kappa shape index (κ2) is 8.09. The minimum absolute atomic E-state index is 0.0291. The van der Waals surface area contributed by atoms with E-state index in [1.165, 1.54) is 17.8 Å². The Labute approximate surface area is 210 Å². The van der Waals surface area contributed by atoms with Crippen molar-refractivity contribution in [3.05, 3.63) is 41.6 Å². The monoisotopic (exact) mass is 500 g/mol. The first kappa shape index (κ1) is 24.1. The van der Waals surface area contributed by atoms with Crippen molar-refractivity contribution in [3.63, 3.8) is 0 Å². The van der Waals surface area contributed by atoms with E-state index in [4.69, 9.17) is 0 Å². The number of alkyl halides is 3. The van der Waals surface area contributed by atoms with E-state index in [9.17, 15) is 22.8 Å². The Morgan fingerprint density at radius 3 is 2.39 bits per heavy atom. The highest BCUT2D eigenvalue weighted by Gasteiger charge is 2.61. The number of halogens is 3.